The first-order chi connectivity index (χ1) is 9.17. The summed E-state index contributed by atoms with van der Waals surface area (Å²) in [5.74, 6) is 2.88. The Hall–Kier alpha value is -1.24. The number of rotatable bonds is 0. The molecule has 3 aliphatic rings. The molecule has 1 fully saturated rings. The minimum absolute atomic E-state index is 0.431. The second-order valence-corrected chi connectivity index (χ2v) is 6.98. The molecule has 1 nitrogen and oxygen atoms in total. The predicted octanol–water partition coefficient (Wildman–Crippen LogP) is 4.41. The van der Waals surface area contributed by atoms with Gasteiger partial charge >= 0.3 is 0 Å². The summed E-state index contributed by atoms with van der Waals surface area (Å²) in [6.07, 6.45) is 11.3. The van der Waals surface area contributed by atoms with Crippen LogP contribution in [0.4, 0.5) is 0 Å². The van der Waals surface area contributed by atoms with Gasteiger partial charge in [0.25, 0.3) is 0 Å². The van der Waals surface area contributed by atoms with Crippen LogP contribution in [0.15, 0.2) is 30.4 Å². The van der Waals surface area contributed by atoms with Gasteiger partial charge in [-0.2, -0.15) is 0 Å². The molecule has 0 aromatic heterocycles. The van der Waals surface area contributed by atoms with E-state index in [4.69, 9.17) is 0 Å². The average Bonchev–Trinajstić information content (AvgIpc) is 2.79. The van der Waals surface area contributed by atoms with Crippen LogP contribution in [0.2, 0.25) is 0 Å². The van der Waals surface area contributed by atoms with Crippen LogP contribution in [-0.2, 0) is 6.42 Å². The summed E-state index contributed by atoms with van der Waals surface area (Å²) in [7, 11) is 0. The Kier molecular flexibility index (Phi) is 2.36. The molecule has 1 aromatic rings. The van der Waals surface area contributed by atoms with E-state index in [1.54, 1.807) is 0 Å². The van der Waals surface area contributed by atoms with Gasteiger partial charge in [0.1, 0.15) is 5.75 Å². The molecule has 4 atom stereocenters. The van der Waals surface area contributed by atoms with Crippen molar-refractivity contribution in [3.8, 4) is 5.75 Å². The van der Waals surface area contributed by atoms with Crippen molar-refractivity contribution < 1.29 is 5.11 Å². The molecule has 3 aliphatic carbocycles. The summed E-state index contributed by atoms with van der Waals surface area (Å²) in [6, 6.07) is 6.06. The van der Waals surface area contributed by atoms with Gasteiger partial charge in [-0.1, -0.05) is 25.1 Å². The summed E-state index contributed by atoms with van der Waals surface area (Å²) in [6.45, 7) is 2.46. The normalized spacial score (nSPS) is 39.5. The molecule has 100 valence electrons. The van der Waals surface area contributed by atoms with Crippen LogP contribution in [-0.4, -0.2) is 5.11 Å². The monoisotopic (exact) mass is 254 g/mol. The molecule has 3 unspecified atom stereocenters. The lowest BCUT2D eigenvalue weighted by Crippen LogP contribution is -2.39. The van der Waals surface area contributed by atoms with Crippen LogP contribution in [0.25, 0.3) is 0 Å². The standard InChI is InChI=1S/C18H22O/c1-18-9-2-3-17(18)16-6-4-12-11-13(19)5-7-14(12)15(16)8-10-18/h2,5,7,9,11,15-17,19H,3-4,6,8,10H2,1H3/t15?,16?,17?,18-/m0/s1. The zero-order valence-electron chi connectivity index (χ0n) is 11.6. The van der Waals surface area contributed by atoms with Gasteiger partial charge in [-0.3, -0.25) is 0 Å². The molecular formula is C18H22O. The molecular weight excluding hydrogens is 232 g/mol. The molecule has 0 spiro atoms. The van der Waals surface area contributed by atoms with E-state index in [0.717, 1.165) is 24.2 Å². The molecule has 0 aliphatic heterocycles. The fraction of sp³-hybridized carbons (Fsp3) is 0.556. The smallest absolute Gasteiger partial charge is 0.115 e. The zero-order valence-corrected chi connectivity index (χ0v) is 11.6. The van der Waals surface area contributed by atoms with Gasteiger partial charge in [0.15, 0.2) is 0 Å². The van der Waals surface area contributed by atoms with Crippen LogP contribution in [0.1, 0.15) is 49.7 Å². The maximum absolute atomic E-state index is 9.67. The fourth-order valence-electron chi connectivity index (χ4n) is 5.05. The number of benzene rings is 1. The number of aromatic hydroxyl groups is 1. The number of phenolic OH excluding ortho intramolecular Hbond substituents is 1. The van der Waals surface area contributed by atoms with Crippen molar-refractivity contribution in [3.05, 3.63) is 41.5 Å². The Morgan fingerprint density at radius 3 is 3.05 bits per heavy atom. The maximum atomic E-state index is 9.67. The highest BCUT2D eigenvalue weighted by Gasteiger charge is 2.48. The Bertz CT molecular complexity index is 545. The van der Waals surface area contributed by atoms with Crippen LogP contribution < -0.4 is 0 Å². The van der Waals surface area contributed by atoms with Gasteiger partial charge in [0, 0.05) is 0 Å². The van der Waals surface area contributed by atoms with E-state index in [9.17, 15) is 5.11 Å². The highest BCUT2D eigenvalue weighted by Crippen LogP contribution is 2.58. The molecule has 1 N–H and O–H groups in total. The van der Waals surface area contributed by atoms with Gasteiger partial charge in [0.05, 0.1) is 0 Å². The number of phenols is 1. The minimum Gasteiger partial charge on any atom is -0.508 e. The van der Waals surface area contributed by atoms with E-state index >= 15 is 0 Å². The van der Waals surface area contributed by atoms with Crippen molar-refractivity contribution in [3.63, 3.8) is 0 Å². The third kappa shape index (κ3) is 1.60. The van der Waals surface area contributed by atoms with E-state index in [1.807, 2.05) is 12.1 Å². The third-order valence-corrected chi connectivity index (χ3v) is 6.04. The van der Waals surface area contributed by atoms with Crippen LogP contribution in [0, 0.1) is 17.3 Å². The molecule has 0 heterocycles. The SMILES string of the molecule is C[C@@]12C=CCC1C1CCc3cc(O)ccc3C1CC2. The molecule has 1 heteroatoms. The fourth-order valence-corrected chi connectivity index (χ4v) is 5.05. The molecule has 0 radical (unpaired) electrons. The summed E-state index contributed by atoms with van der Waals surface area (Å²) >= 11 is 0. The largest absolute Gasteiger partial charge is 0.508 e. The molecule has 19 heavy (non-hydrogen) atoms. The summed E-state index contributed by atoms with van der Waals surface area (Å²) in [4.78, 5) is 0. The topological polar surface area (TPSA) is 20.2 Å². The van der Waals surface area contributed by atoms with Crippen molar-refractivity contribution in [2.24, 2.45) is 17.3 Å². The van der Waals surface area contributed by atoms with Crippen molar-refractivity contribution >= 4 is 0 Å². The summed E-state index contributed by atoms with van der Waals surface area (Å²) in [5.41, 5.74) is 3.40. The van der Waals surface area contributed by atoms with E-state index in [0.29, 0.717) is 11.2 Å². The first kappa shape index (κ1) is 11.6. The number of fused-ring (bicyclic) bond motifs is 5. The molecule has 1 aromatic carbocycles. The van der Waals surface area contributed by atoms with Gasteiger partial charge in [0.2, 0.25) is 0 Å². The lowest BCUT2D eigenvalue weighted by atomic mass is 9.56. The second kappa shape index (κ2) is 3.88. The van der Waals surface area contributed by atoms with E-state index in [1.165, 1.54) is 36.8 Å². The van der Waals surface area contributed by atoms with Gasteiger partial charge in [-0.05, 0) is 78.5 Å². The van der Waals surface area contributed by atoms with Crippen molar-refractivity contribution in [2.75, 3.05) is 0 Å². The summed E-state index contributed by atoms with van der Waals surface area (Å²) in [5, 5.41) is 9.67. The average molecular weight is 254 g/mol. The maximum Gasteiger partial charge on any atom is 0.115 e. The molecule has 0 saturated heterocycles. The number of allylic oxidation sites excluding steroid dienone is 2. The molecule has 4 rings (SSSR count). The zero-order chi connectivity index (χ0) is 13.0. The minimum atomic E-state index is 0.431. The summed E-state index contributed by atoms with van der Waals surface area (Å²) < 4.78 is 0. The Morgan fingerprint density at radius 1 is 1.26 bits per heavy atom. The number of aryl methyl sites for hydroxylation is 1. The quantitative estimate of drug-likeness (QED) is 0.680. The van der Waals surface area contributed by atoms with Crippen LogP contribution in [0.3, 0.4) is 0 Å². The van der Waals surface area contributed by atoms with Gasteiger partial charge in [-0.15, -0.1) is 0 Å². The Balaban J connectivity index is 1.73. The van der Waals surface area contributed by atoms with E-state index in [-0.39, 0.29) is 0 Å². The highest BCUT2D eigenvalue weighted by molar-refractivity contribution is 5.40. The molecule has 1 saturated carbocycles. The van der Waals surface area contributed by atoms with Crippen LogP contribution in [0.5, 0.6) is 5.75 Å². The van der Waals surface area contributed by atoms with Gasteiger partial charge in [-0.25, -0.2) is 0 Å². The Labute approximate surface area is 115 Å². The third-order valence-electron chi connectivity index (χ3n) is 6.04. The molecule has 0 amide bonds. The number of hydrogen-bond donors (Lipinski definition) is 1. The first-order valence-corrected chi connectivity index (χ1v) is 7.67. The lowest BCUT2D eigenvalue weighted by Gasteiger charge is -2.49. The molecule has 0 bridgehead atoms. The second-order valence-electron chi connectivity index (χ2n) is 6.98. The van der Waals surface area contributed by atoms with E-state index < -0.39 is 0 Å². The first-order valence-electron chi connectivity index (χ1n) is 7.67. The van der Waals surface area contributed by atoms with Crippen LogP contribution >= 0.6 is 0 Å². The van der Waals surface area contributed by atoms with Gasteiger partial charge < -0.3 is 5.11 Å². The van der Waals surface area contributed by atoms with Crippen molar-refractivity contribution in [2.45, 2.75) is 44.9 Å². The number of hydrogen-bond acceptors (Lipinski definition) is 1. The van der Waals surface area contributed by atoms with Crippen molar-refractivity contribution in [1.29, 1.82) is 0 Å². The lowest BCUT2D eigenvalue weighted by molar-refractivity contribution is 0.0826. The Morgan fingerprint density at radius 2 is 2.16 bits per heavy atom. The van der Waals surface area contributed by atoms with Crippen molar-refractivity contribution in [1.82, 2.24) is 0 Å². The highest BCUT2D eigenvalue weighted by atomic mass is 16.3. The van der Waals surface area contributed by atoms with E-state index in [2.05, 4.69) is 25.1 Å². The predicted molar refractivity (Wildman–Crippen MR) is 77.2 cm³/mol.